The number of primary amides is 1. The molecule has 2 saturated heterocycles. The molecule has 3 amide bonds. The van der Waals surface area contributed by atoms with Crippen molar-refractivity contribution in [2.24, 2.45) is 17.8 Å². The van der Waals surface area contributed by atoms with Gasteiger partial charge in [0.1, 0.15) is 5.84 Å². The molecule has 2 aliphatic heterocycles. The summed E-state index contributed by atoms with van der Waals surface area (Å²) < 4.78 is 5.97. The smallest absolute Gasteiger partial charge is 0.419 e. The van der Waals surface area contributed by atoms with Gasteiger partial charge in [-0.3, -0.25) is 25.6 Å². The van der Waals surface area contributed by atoms with Gasteiger partial charge in [0.05, 0.1) is 16.8 Å². The number of anilines is 1. The molecule has 0 radical (unpaired) electrons. The first-order valence-corrected chi connectivity index (χ1v) is 18.1. The number of likely N-dealkylation sites (tertiary alicyclic amines) is 1. The fraction of sp³-hybridized carbons (Fsp3) is 0.568. The van der Waals surface area contributed by atoms with Crippen LogP contribution in [0.1, 0.15) is 80.9 Å². The van der Waals surface area contributed by atoms with Crippen LogP contribution in [0, 0.1) is 30.1 Å². The Bertz CT molecular complexity index is 1390. The van der Waals surface area contributed by atoms with Gasteiger partial charge < -0.3 is 20.7 Å². The van der Waals surface area contributed by atoms with Crippen LogP contribution < -0.4 is 21.7 Å². The number of carbonyl (C=O) groups excluding carboxylic acids is 3. The monoisotopic (exact) mass is 679 g/mol. The number of ether oxygens (including phenoxy) is 1. The number of aryl methyl sites for hydroxylation is 1. The number of nitrogens with zero attached hydrogens (tertiary/aromatic N) is 1. The molecule has 1 aliphatic carbocycles. The average molecular weight is 680 g/mol. The summed E-state index contributed by atoms with van der Waals surface area (Å²) in [6.45, 7) is 5.41. The molecule has 0 unspecified atom stereocenters. The maximum atomic E-state index is 13.9. The lowest BCUT2D eigenvalue weighted by Gasteiger charge is -2.38. The van der Waals surface area contributed by atoms with Gasteiger partial charge in [-0.1, -0.05) is 48.0 Å². The standard InChI is InChI=1S/C37H51ClN6O4/c1-24-21-26(22-31(38)34(24)39)23-32(36(46)44-19-15-28(16-20-44)27-13-17-41-18-14-27)48-33(45)12-9-25-7-10-30(11-8-25)42-37(47)43-35(40)29-5-3-2-4-6-29/h2-6,21-22,25,27-28,30,32,41H,7-20,23,39H2,1H3,(H3,40,42,43,47)/p+1/t25?,30?,32-/m1/s1. The largest absolute Gasteiger partial charge is 0.452 e. The number of amides is 3. The molecule has 5 rings (SSSR count). The van der Waals surface area contributed by atoms with E-state index < -0.39 is 6.10 Å². The van der Waals surface area contributed by atoms with Crippen molar-refractivity contribution in [3.8, 4) is 0 Å². The van der Waals surface area contributed by atoms with Crippen molar-refractivity contribution in [3.05, 3.63) is 64.2 Å². The van der Waals surface area contributed by atoms with Crippen LogP contribution in [0.2, 0.25) is 5.02 Å². The second kappa shape index (κ2) is 17.3. The van der Waals surface area contributed by atoms with Gasteiger partial charge in [-0.05, 0) is 99.9 Å². The first-order chi connectivity index (χ1) is 23.2. The Morgan fingerprint density at radius 3 is 2.35 bits per heavy atom. The van der Waals surface area contributed by atoms with E-state index in [4.69, 9.17) is 27.5 Å². The number of nitrogen functional groups attached to an aromatic ring is 1. The van der Waals surface area contributed by atoms with Crippen molar-refractivity contribution in [2.45, 2.75) is 89.7 Å². The van der Waals surface area contributed by atoms with Crippen LogP contribution in [0.4, 0.5) is 10.5 Å². The molecule has 2 heterocycles. The van der Waals surface area contributed by atoms with Crippen molar-refractivity contribution >= 4 is 41.0 Å². The van der Waals surface area contributed by atoms with Gasteiger partial charge in [-0.25, -0.2) is 4.79 Å². The summed E-state index contributed by atoms with van der Waals surface area (Å²) >= 11 is 6.38. The van der Waals surface area contributed by atoms with Crippen LogP contribution >= 0.6 is 11.6 Å². The molecule has 3 aliphatic rings. The minimum absolute atomic E-state index is 0.0946. The lowest BCUT2D eigenvalue weighted by molar-refractivity contribution is -0.599. The molecule has 2 aromatic rings. The van der Waals surface area contributed by atoms with E-state index in [-0.39, 0.29) is 42.6 Å². The Kier molecular flexibility index (Phi) is 12.9. The summed E-state index contributed by atoms with van der Waals surface area (Å²) in [4.78, 5) is 41.5. The minimum Gasteiger partial charge on any atom is -0.452 e. The van der Waals surface area contributed by atoms with E-state index in [0.717, 1.165) is 68.7 Å². The van der Waals surface area contributed by atoms with Crippen LogP contribution in [0.25, 0.3) is 0 Å². The molecular formula is C37H52ClN6O4+. The van der Waals surface area contributed by atoms with Crippen molar-refractivity contribution < 1.29 is 24.4 Å². The van der Waals surface area contributed by atoms with E-state index in [1.165, 1.54) is 12.8 Å². The summed E-state index contributed by atoms with van der Waals surface area (Å²) in [5.74, 6) is 1.32. The number of nitrogens with two attached hydrogens (primary N) is 2. The molecule has 11 heteroatoms. The van der Waals surface area contributed by atoms with Gasteiger partial charge in [-0.2, -0.15) is 0 Å². The Morgan fingerprint density at radius 1 is 1.02 bits per heavy atom. The molecule has 48 heavy (non-hydrogen) atoms. The molecule has 7 N–H and O–H groups in total. The number of hydrogen-bond donors (Lipinski definition) is 5. The highest BCUT2D eigenvalue weighted by Crippen LogP contribution is 2.32. The Balaban J connectivity index is 1.10. The molecule has 0 aromatic heterocycles. The predicted octanol–water partition coefficient (Wildman–Crippen LogP) is 4.56. The van der Waals surface area contributed by atoms with Crippen LogP contribution in [-0.4, -0.2) is 67.0 Å². The van der Waals surface area contributed by atoms with E-state index in [1.807, 2.05) is 36.1 Å². The van der Waals surface area contributed by atoms with E-state index in [0.29, 0.717) is 47.6 Å². The molecule has 10 nitrogen and oxygen atoms in total. The molecule has 260 valence electrons. The lowest BCUT2D eigenvalue weighted by Crippen LogP contribution is -2.96. The summed E-state index contributed by atoms with van der Waals surface area (Å²) in [7, 11) is 0. The Morgan fingerprint density at radius 2 is 1.69 bits per heavy atom. The maximum Gasteiger partial charge on any atom is 0.419 e. The van der Waals surface area contributed by atoms with Crippen LogP contribution in [0.3, 0.4) is 0 Å². The molecule has 1 saturated carbocycles. The van der Waals surface area contributed by atoms with Gasteiger partial charge in [0.15, 0.2) is 6.10 Å². The number of urea groups is 1. The zero-order valence-electron chi connectivity index (χ0n) is 28.1. The molecule has 3 fully saturated rings. The average Bonchev–Trinajstić information content (AvgIpc) is 3.10. The number of hydrogen-bond acceptors (Lipinski definition) is 7. The van der Waals surface area contributed by atoms with Gasteiger partial charge in [0, 0.05) is 44.3 Å². The Hall–Kier alpha value is -3.47. The van der Waals surface area contributed by atoms with E-state index in [2.05, 4.69) is 10.6 Å². The summed E-state index contributed by atoms with van der Waals surface area (Å²) in [5, 5.41) is 16.4. The molecule has 2 aromatic carbocycles. The van der Waals surface area contributed by atoms with E-state index in [9.17, 15) is 14.4 Å². The quantitative estimate of drug-likeness (QED) is 0.107. The molecule has 1 atom stereocenters. The van der Waals surface area contributed by atoms with Gasteiger partial charge in [-0.15, -0.1) is 0 Å². The predicted molar refractivity (Wildman–Crippen MR) is 188 cm³/mol. The van der Waals surface area contributed by atoms with Gasteiger partial charge in [0.2, 0.25) is 0 Å². The summed E-state index contributed by atoms with van der Waals surface area (Å²) in [6.07, 6.45) is 8.19. The zero-order valence-corrected chi connectivity index (χ0v) is 28.9. The minimum atomic E-state index is -0.912. The number of quaternary nitrogens is 1. The fourth-order valence-electron chi connectivity index (χ4n) is 7.69. The van der Waals surface area contributed by atoms with Crippen molar-refractivity contribution in [3.63, 3.8) is 0 Å². The van der Waals surface area contributed by atoms with E-state index in [1.54, 1.807) is 23.5 Å². The zero-order chi connectivity index (χ0) is 34.0. The third-order valence-corrected chi connectivity index (χ3v) is 10.9. The van der Waals surface area contributed by atoms with Gasteiger partial charge >= 0.3 is 12.0 Å². The van der Waals surface area contributed by atoms with Crippen molar-refractivity contribution in [1.29, 1.82) is 5.41 Å². The number of amidine groups is 1. The Labute approximate surface area is 289 Å². The van der Waals surface area contributed by atoms with Crippen molar-refractivity contribution in [1.82, 2.24) is 15.5 Å². The molecule has 0 spiro atoms. The fourth-order valence-corrected chi connectivity index (χ4v) is 7.98. The van der Waals surface area contributed by atoms with Crippen molar-refractivity contribution in [2.75, 3.05) is 31.9 Å². The third-order valence-electron chi connectivity index (χ3n) is 10.6. The number of rotatable bonds is 10. The number of benzene rings is 2. The highest BCUT2D eigenvalue weighted by molar-refractivity contribution is 6.33. The second-order valence-corrected chi connectivity index (χ2v) is 14.4. The maximum absolute atomic E-state index is 13.9. The second-order valence-electron chi connectivity index (χ2n) is 14.0. The normalized spacial score (nSPS) is 21.3. The topological polar surface area (TPSA) is 154 Å². The number of esters is 1. The highest BCUT2D eigenvalue weighted by atomic mass is 35.5. The number of carbonyl (C=O) groups is 3. The number of halogens is 1. The highest BCUT2D eigenvalue weighted by Gasteiger charge is 2.34. The van der Waals surface area contributed by atoms with Crippen LogP contribution in [0.5, 0.6) is 0 Å². The molecule has 0 bridgehead atoms. The summed E-state index contributed by atoms with van der Waals surface area (Å²) in [5.41, 5.74) is 8.90. The van der Waals surface area contributed by atoms with Crippen LogP contribution in [-0.2, 0) is 20.7 Å². The number of piperidine rings is 2. The first-order valence-electron chi connectivity index (χ1n) is 17.7. The lowest BCUT2D eigenvalue weighted by atomic mass is 9.79. The SMILES string of the molecule is Cc1cc(C[C@@H](OC(=O)CCC2CCC([NH2+]C(=O)NC(=N)c3ccccc3)CC2)C(=O)N2CCC(C3CCNCC3)CC2)cc(Cl)c1N. The third kappa shape index (κ3) is 10.0. The van der Waals surface area contributed by atoms with Crippen LogP contribution in [0.15, 0.2) is 42.5 Å². The first kappa shape index (κ1) is 35.8. The summed E-state index contributed by atoms with van der Waals surface area (Å²) in [6, 6.07) is 12.7. The number of nitrogens with one attached hydrogen (secondary N) is 3. The van der Waals surface area contributed by atoms with E-state index >= 15 is 0 Å². The molecular weight excluding hydrogens is 628 g/mol. The van der Waals surface area contributed by atoms with Gasteiger partial charge in [0.25, 0.3) is 5.91 Å².